The zero-order chi connectivity index (χ0) is 20.1. The molecule has 3 rings (SSSR count). The van der Waals surface area contributed by atoms with Gasteiger partial charge in [0.1, 0.15) is 0 Å². The van der Waals surface area contributed by atoms with E-state index in [4.69, 9.17) is 10.5 Å². The van der Waals surface area contributed by atoms with Gasteiger partial charge in [-0.3, -0.25) is 0 Å². The highest BCUT2D eigenvalue weighted by molar-refractivity contribution is 5.83. The number of aryl methyl sites for hydroxylation is 1. The lowest BCUT2D eigenvalue weighted by Crippen LogP contribution is -2.25. The predicted molar refractivity (Wildman–Crippen MR) is 106 cm³/mol. The lowest BCUT2D eigenvalue weighted by atomic mass is 9.77. The minimum Gasteiger partial charge on any atom is -0.196 e. The second-order valence-corrected chi connectivity index (χ2v) is 6.80. The number of hydrogen-bond donors (Lipinski definition) is 0. The standard InChI is InChI=1S/C24H16N4/c1-17-2-4-21-11-18(3-5-20(21)10-17)12-24(15-27,16-28)23-8-6-19(7-9-23)22(13-25)14-26/h2-11,22H,12H2,1H3. The van der Waals surface area contributed by atoms with E-state index in [-0.39, 0.29) is 6.42 Å². The third-order valence-corrected chi connectivity index (χ3v) is 4.91. The zero-order valence-corrected chi connectivity index (χ0v) is 15.3. The van der Waals surface area contributed by atoms with Crippen LogP contribution in [-0.4, -0.2) is 0 Å². The average molecular weight is 360 g/mol. The summed E-state index contributed by atoms with van der Waals surface area (Å²) in [7, 11) is 0. The predicted octanol–water partition coefficient (Wildman–Crippen LogP) is 4.81. The van der Waals surface area contributed by atoms with Crippen LogP contribution in [0.1, 0.15) is 28.2 Å². The molecular weight excluding hydrogens is 344 g/mol. The van der Waals surface area contributed by atoms with Crippen molar-refractivity contribution in [1.82, 2.24) is 0 Å². The van der Waals surface area contributed by atoms with Crippen molar-refractivity contribution in [2.45, 2.75) is 24.7 Å². The Bertz CT molecular complexity index is 1170. The number of hydrogen-bond acceptors (Lipinski definition) is 4. The van der Waals surface area contributed by atoms with Gasteiger partial charge in [-0.1, -0.05) is 66.2 Å². The lowest BCUT2D eigenvalue weighted by Gasteiger charge is -2.20. The molecule has 0 fully saturated rings. The van der Waals surface area contributed by atoms with Gasteiger partial charge in [-0.05, 0) is 34.4 Å². The summed E-state index contributed by atoms with van der Waals surface area (Å²) in [6, 6.07) is 26.9. The fourth-order valence-electron chi connectivity index (χ4n) is 3.30. The van der Waals surface area contributed by atoms with Crippen LogP contribution in [0.5, 0.6) is 0 Å². The molecule has 3 aromatic carbocycles. The van der Waals surface area contributed by atoms with Gasteiger partial charge in [-0.25, -0.2) is 0 Å². The number of nitrogens with zero attached hydrogens (tertiary/aromatic N) is 4. The van der Waals surface area contributed by atoms with E-state index in [0.717, 1.165) is 16.3 Å². The first-order valence-corrected chi connectivity index (χ1v) is 8.76. The molecule has 0 amide bonds. The Balaban J connectivity index is 1.98. The molecule has 0 heterocycles. The number of benzene rings is 3. The Kier molecular flexibility index (Phi) is 5.09. The van der Waals surface area contributed by atoms with Gasteiger partial charge in [0.15, 0.2) is 11.3 Å². The molecule has 0 aliphatic rings. The molecule has 0 aromatic heterocycles. The van der Waals surface area contributed by atoms with Crippen LogP contribution in [-0.2, 0) is 11.8 Å². The number of rotatable bonds is 4. The second-order valence-electron chi connectivity index (χ2n) is 6.80. The maximum Gasteiger partial charge on any atom is 0.172 e. The minimum absolute atomic E-state index is 0.253. The van der Waals surface area contributed by atoms with Crippen molar-refractivity contribution < 1.29 is 0 Å². The van der Waals surface area contributed by atoms with Gasteiger partial charge in [0.25, 0.3) is 0 Å². The van der Waals surface area contributed by atoms with Crippen molar-refractivity contribution in [1.29, 1.82) is 21.0 Å². The Labute approximate surface area is 164 Å². The van der Waals surface area contributed by atoms with E-state index >= 15 is 0 Å². The van der Waals surface area contributed by atoms with E-state index in [1.54, 1.807) is 24.3 Å². The molecule has 0 N–H and O–H groups in total. The highest BCUT2D eigenvalue weighted by Gasteiger charge is 2.33. The van der Waals surface area contributed by atoms with Crippen LogP contribution in [0.15, 0.2) is 60.7 Å². The smallest absolute Gasteiger partial charge is 0.172 e. The van der Waals surface area contributed by atoms with Crippen molar-refractivity contribution >= 4 is 10.8 Å². The van der Waals surface area contributed by atoms with E-state index in [2.05, 4.69) is 18.2 Å². The van der Waals surface area contributed by atoms with E-state index in [1.165, 1.54) is 5.56 Å². The maximum atomic E-state index is 9.83. The van der Waals surface area contributed by atoms with Crippen molar-refractivity contribution in [3.8, 4) is 24.3 Å². The van der Waals surface area contributed by atoms with Crippen molar-refractivity contribution in [2.75, 3.05) is 0 Å². The quantitative estimate of drug-likeness (QED) is 0.667. The molecule has 3 aromatic rings. The van der Waals surface area contributed by atoms with E-state index in [1.807, 2.05) is 49.4 Å². The van der Waals surface area contributed by atoms with E-state index < -0.39 is 11.3 Å². The SMILES string of the molecule is Cc1ccc2cc(CC(C#N)(C#N)c3ccc(C(C#N)C#N)cc3)ccc2c1. The summed E-state index contributed by atoms with van der Waals surface area (Å²) in [6.07, 6.45) is 0.253. The van der Waals surface area contributed by atoms with Crippen molar-refractivity contribution in [3.05, 3.63) is 82.9 Å². The van der Waals surface area contributed by atoms with Gasteiger partial charge in [-0.2, -0.15) is 21.0 Å². The van der Waals surface area contributed by atoms with Gasteiger partial charge in [0, 0.05) is 6.42 Å². The topological polar surface area (TPSA) is 95.2 Å². The Morgan fingerprint density at radius 2 is 1.39 bits per heavy atom. The van der Waals surface area contributed by atoms with Crippen LogP contribution >= 0.6 is 0 Å². The van der Waals surface area contributed by atoms with Gasteiger partial charge < -0.3 is 0 Å². The van der Waals surface area contributed by atoms with Gasteiger partial charge in [0.2, 0.25) is 0 Å². The summed E-state index contributed by atoms with van der Waals surface area (Å²) in [4.78, 5) is 0. The fraction of sp³-hybridized carbons (Fsp3) is 0.167. The molecule has 0 bridgehead atoms. The Morgan fingerprint density at radius 3 is 2.00 bits per heavy atom. The first-order chi connectivity index (χ1) is 13.5. The maximum absolute atomic E-state index is 9.83. The van der Waals surface area contributed by atoms with Crippen LogP contribution < -0.4 is 0 Å². The third-order valence-electron chi connectivity index (χ3n) is 4.91. The Hall–Kier alpha value is -4.12. The molecular formula is C24H16N4. The lowest BCUT2D eigenvalue weighted by molar-refractivity contribution is 0.695. The second kappa shape index (κ2) is 7.63. The average Bonchev–Trinajstić information content (AvgIpc) is 2.73. The van der Waals surface area contributed by atoms with Crippen LogP contribution in [0.3, 0.4) is 0 Å². The first kappa shape index (κ1) is 18.7. The van der Waals surface area contributed by atoms with Gasteiger partial charge >= 0.3 is 0 Å². The molecule has 28 heavy (non-hydrogen) atoms. The largest absolute Gasteiger partial charge is 0.196 e. The molecule has 0 saturated heterocycles. The molecule has 4 nitrogen and oxygen atoms in total. The van der Waals surface area contributed by atoms with Crippen LogP contribution in [0.4, 0.5) is 0 Å². The van der Waals surface area contributed by atoms with Crippen molar-refractivity contribution in [3.63, 3.8) is 0 Å². The molecule has 0 atom stereocenters. The molecule has 132 valence electrons. The monoisotopic (exact) mass is 360 g/mol. The highest BCUT2D eigenvalue weighted by atomic mass is 14.4. The first-order valence-electron chi connectivity index (χ1n) is 8.76. The summed E-state index contributed by atoms with van der Waals surface area (Å²) >= 11 is 0. The molecule has 0 aliphatic carbocycles. The summed E-state index contributed by atoms with van der Waals surface area (Å²) in [5.41, 5.74) is 1.85. The summed E-state index contributed by atoms with van der Waals surface area (Å²) in [6.45, 7) is 2.04. The van der Waals surface area contributed by atoms with Crippen LogP contribution in [0, 0.1) is 52.2 Å². The fourth-order valence-corrected chi connectivity index (χ4v) is 3.30. The molecule has 0 unspecified atom stereocenters. The number of fused-ring (bicyclic) bond motifs is 1. The molecule has 0 spiro atoms. The third kappa shape index (κ3) is 3.41. The summed E-state index contributed by atoms with van der Waals surface area (Å²) in [5, 5.41) is 39.9. The summed E-state index contributed by atoms with van der Waals surface area (Å²) in [5.74, 6) is -0.864. The van der Waals surface area contributed by atoms with Crippen LogP contribution in [0.25, 0.3) is 10.8 Å². The van der Waals surface area contributed by atoms with Crippen molar-refractivity contribution in [2.24, 2.45) is 0 Å². The van der Waals surface area contributed by atoms with Crippen LogP contribution in [0.2, 0.25) is 0 Å². The zero-order valence-electron chi connectivity index (χ0n) is 15.3. The van der Waals surface area contributed by atoms with E-state index in [0.29, 0.717) is 11.1 Å². The summed E-state index contributed by atoms with van der Waals surface area (Å²) < 4.78 is 0. The normalized spacial score (nSPS) is 10.6. The van der Waals surface area contributed by atoms with E-state index in [9.17, 15) is 10.5 Å². The van der Waals surface area contributed by atoms with Gasteiger partial charge in [-0.15, -0.1) is 0 Å². The molecule has 4 heteroatoms. The van der Waals surface area contributed by atoms with Gasteiger partial charge in [0.05, 0.1) is 24.3 Å². The molecule has 0 aliphatic heterocycles. The highest BCUT2D eigenvalue weighted by Crippen LogP contribution is 2.30. The minimum atomic E-state index is -1.34. The number of nitriles is 4. The Morgan fingerprint density at radius 1 is 0.786 bits per heavy atom. The molecule has 0 radical (unpaired) electrons. The molecule has 0 saturated carbocycles.